The van der Waals surface area contributed by atoms with Gasteiger partial charge in [0.15, 0.2) is 24.7 Å². The molecule has 0 radical (unpaired) electrons. The minimum atomic E-state index is -4.47. The normalized spacial score (nSPS) is 11.0. The number of nitrogens with one attached hydrogen (secondary N) is 1. The lowest BCUT2D eigenvalue weighted by atomic mass is 10.2. The van der Waals surface area contributed by atoms with Crippen molar-refractivity contribution in [2.24, 2.45) is 0 Å². The van der Waals surface area contributed by atoms with Gasteiger partial charge in [0.25, 0.3) is 5.91 Å². The Balaban J connectivity index is 1.98. The van der Waals surface area contributed by atoms with Crippen LogP contribution < -0.4 is 19.5 Å². The number of benzene rings is 2. The fraction of sp³-hybridized carbons (Fsp3) is 0.278. The summed E-state index contributed by atoms with van der Waals surface area (Å²) in [6.45, 7) is 0.0981. The van der Waals surface area contributed by atoms with Crippen LogP contribution in [0.1, 0.15) is 5.56 Å². The number of methoxy groups -OCH3 is 1. The highest BCUT2D eigenvalue weighted by molar-refractivity contribution is 5.93. The number of hydrogen-bond acceptors (Lipinski definition) is 4. The second-order valence-electron chi connectivity index (χ2n) is 5.39. The van der Waals surface area contributed by atoms with Crippen LogP contribution in [0.15, 0.2) is 42.5 Å². The fourth-order valence-electron chi connectivity index (χ4n) is 2.08. The Morgan fingerprint density at radius 3 is 2.46 bits per heavy atom. The third kappa shape index (κ3) is 5.87. The number of carbonyl (C=O) groups excluding carboxylic acids is 1. The molecule has 2 aromatic rings. The summed E-state index contributed by atoms with van der Waals surface area (Å²) in [5.74, 6) is 0.239. The third-order valence-corrected chi connectivity index (χ3v) is 3.23. The zero-order valence-electron chi connectivity index (χ0n) is 14.2. The monoisotopic (exact) mass is 369 g/mol. The molecular formula is C18H18F3NO4. The Hall–Kier alpha value is -2.90. The largest absolute Gasteiger partial charge is 0.493 e. The molecule has 0 atom stereocenters. The van der Waals surface area contributed by atoms with E-state index in [0.717, 1.165) is 5.56 Å². The number of anilines is 1. The molecule has 2 aromatic carbocycles. The molecule has 0 aliphatic rings. The second-order valence-corrected chi connectivity index (χ2v) is 5.39. The number of alkyl halides is 3. The van der Waals surface area contributed by atoms with E-state index in [1.54, 1.807) is 24.3 Å². The Labute approximate surface area is 148 Å². The first-order chi connectivity index (χ1) is 12.3. The number of aryl methyl sites for hydroxylation is 1. The maximum absolute atomic E-state index is 12.3. The molecule has 0 spiro atoms. The van der Waals surface area contributed by atoms with E-state index in [1.165, 1.54) is 25.3 Å². The van der Waals surface area contributed by atoms with Crippen LogP contribution in [-0.2, 0) is 4.79 Å². The van der Waals surface area contributed by atoms with Crippen LogP contribution in [0.25, 0.3) is 0 Å². The van der Waals surface area contributed by atoms with Gasteiger partial charge < -0.3 is 19.5 Å². The van der Waals surface area contributed by atoms with E-state index in [1.807, 2.05) is 6.92 Å². The first-order valence-electron chi connectivity index (χ1n) is 7.64. The van der Waals surface area contributed by atoms with Gasteiger partial charge in [0, 0.05) is 0 Å². The van der Waals surface area contributed by atoms with Crippen LogP contribution in [0.2, 0.25) is 0 Å². The molecular weight excluding hydrogens is 351 g/mol. The molecule has 5 nitrogen and oxygen atoms in total. The minimum Gasteiger partial charge on any atom is -0.493 e. The molecule has 0 unspecified atom stereocenters. The van der Waals surface area contributed by atoms with Crippen molar-refractivity contribution >= 4 is 11.6 Å². The number of hydrogen-bond donors (Lipinski definition) is 1. The quantitative estimate of drug-likeness (QED) is 0.803. The van der Waals surface area contributed by atoms with Crippen molar-refractivity contribution in [1.82, 2.24) is 0 Å². The van der Waals surface area contributed by atoms with E-state index in [2.05, 4.69) is 5.32 Å². The van der Waals surface area contributed by atoms with Gasteiger partial charge in [-0.15, -0.1) is 0 Å². The van der Waals surface area contributed by atoms with E-state index in [9.17, 15) is 18.0 Å². The van der Waals surface area contributed by atoms with E-state index in [-0.39, 0.29) is 18.0 Å². The van der Waals surface area contributed by atoms with Crippen molar-refractivity contribution in [2.45, 2.75) is 13.1 Å². The van der Waals surface area contributed by atoms with Crippen molar-refractivity contribution in [3.05, 3.63) is 48.0 Å². The lowest BCUT2D eigenvalue weighted by Crippen LogP contribution is -2.22. The molecule has 2 rings (SSSR count). The van der Waals surface area contributed by atoms with Gasteiger partial charge in [0.05, 0.1) is 12.8 Å². The molecule has 0 aliphatic heterocycles. The summed E-state index contributed by atoms with van der Waals surface area (Å²) in [6, 6.07) is 11.1. The van der Waals surface area contributed by atoms with Gasteiger partial charge in [-0.25, -0.2) is 0 Å². The summed E-state index contributed by atoms with van der Waals surface area (Å²) in [7, 11) is 1.48. The molecule has 0 fully saturated rings. The number of para-hydroxylation sites is 2. The van der Waals surface area contributed by atoms with Crippen LogP contribution in [-0.4, -0.2) is 32.4 Å². The highest BCUT2D eigenvalue weighted by Gasteiger charge is 2.28. The van der Waals surface area contributed by atoms with Crippen molar-refractivity contribution in [1.29, 1.82) is 0 Å². The minimum absolute atomic E-state index is 0.0777. The highest BCUT2D eigenvalue weighted by Crippen LogP contribution is 2.28. The van der Waals surface area contributed by atoms with Crippen LogP contribution in [0.3, 0.4) is 0 Å². The van der Waals surface area contributed by atoms with Gasteiger partial charge in [-0.05, 0) is 36.8 Å². The lowest BCUT2D eigenvalue weighted by molar-refractivity contribution is -0.153. The SMILES string of the molecule is COc1cc(C)ccc1OCC(=O)Nc1ccccc1OCC(F)(F)F. The van der Waals surface area contributed by atoms with E-state index in [0.29, 0.717) is 11.5 Å². The Morgan fingerprint density at radius 1 is 1.04 bits per heavy atom. The maximum Gasteiger partial charge on any atom is 0.422 e. The maximum atomic E-state index is 12.3. The molecule has 0 aromatic heterocycles. The molecule has 26 heavy (non-hydrogen) atoms. The summed E-state index contributed by atoms with van der Waals surface area (Å²) in [5.41, 5.74) is 1.09. The smallest absolute Gasteiger partial charge is 0.422 e. The molecule has 0 aliphatic carbocycles. The number of ether oxygens (including phenoxy) is 3. The number of rotatable bonds is 7. The van der Waals surface area contributed by atoms with Gasteiger partial charge in [-0.2, -0.15) is 13.2 Å². The fourth-order valence-corrected chi connectivity index (χ4v) is 2.08. The van der Waals surface area contributed by atoms with Crippen molar-refractivity contribution in [3.8, 4) is 17.2 Å². The van der Waals surface area contributed by atoms with Crippen molar-refractivity contribution < 1.29 is 32.2 Å². The van der Waals surface area contributed by atoms with E-state index < -0.39 is 18.7 Å². The Kier molecular flexibility index (Phi) is 6.32. The summed E-state index contributed by atoms with van der Waals surface area (Å²) < 4.78 is 52.2. The topological polar surface area (TPSA) is 56.8 Å². The standard InChI is InChI=1S/C18H18F3NO4/c1-12-7-8-15(16(9-12)24-2)25-10-17(23)22-13-5-3-4-6-14(13)26-11-18(19,20)21/h3-9H,10-11H2,1-2H3,(H,22,23). The summed E-state index contributed by atoms with van der Waals surface area (Å²) in [4.78, 5) is 12.1. The van der Waals surface area contributed by atoms with Gasteiger partial charge in [-0.3, -0.25) is 4.79 Å². The van der Waals surface area contributed by atoms with Crippen LogP contribution in [0.4, 0.5) is 18.9 Å². The summed E-state index contributed by atoms with van der Waals surface area (Å²) >= 11 is 0. The zero-order chi connectivity index (χ0) is 19.2. The summed E-state index contributed by atoms with van der Waals surface area (Å²) in [6.07, 6.45) is -4.47. The third-order valence-electron chi connectivity index (χ3n) is 3.23. The van der Waals surface area contributed by atoms with Gasteiger partial charge in [-0.1, -0.05) is 18.2 Å². The Morgan fingerprint density at radius 2 is 1.77 bits per heavy atom. The number of halogens is 3. The predicted molar refractivity (Wildman–Crippen MR) is 89.8 cm³/mol. The molecule has 0 saturated heterocycles. The van der Waals surface area contributed by atoms with Gasteiger partial charge in [0.2, 0.25) is 0 Å². The molecule has 0 heterocycles. The van der Waals surface area contributed by atoms with Crippen LogP contribution in [0, 0.1) is 6.92 Å². The van der Waals surface area contributed by atoms with Gasteiger partial charge >= 0.3 is 6.18 Å². The molecule has 0 saturated carbocycles. The first kappa shape index (κ1) is 19.4. The average molecular weight is 369 g/mol. The predicted octanol–water partition coefficient (Wildman–Crippen LogP) is 3.96. The van der Waals surface area contributed by atoms with Crippen molar-refractivity contribution in [3.63, 3.8) is 0 Å². The van der Waals surface area contributed by atoms with E-state index >= 15 is 0 Å². The Bertz CT molecular complexity index is 762. The first-order valence-corrected chi connectivity index (χ1v) is 7.64. The molecule has 8 heteroatoms. The second kappa shape index (κ2) is 8.46. The molecule has 1 amide bonds. The number of amides is 1. The summed E-state index contributed by atoms with van der Waals surface area (Å²) in [5, 5.41) is 2.47. The van der Waals surface area contributed by atoms with Gasteiger partial charge in [0.1, 0.15) is 5.75 Å². The molecule has 1 N–H and O–H groups in total. The highest BCUT2D eigenvalue weighted by atomic mass is 19.4. The molecule has 0 bridgehead atoms. The van der Waals surface area contributed by atoms with Crippen LogP contribution in [0.5, 0.6) is 17.2 Å². The lowest BCUT2D eigenvalue weighted by Gasteiger charge is -2.14. The van der Waals surface area contributed by atoms with E-state index in [4.69, 9.17) is 14.2 Å². The number of carbonyl (C=O) groups is 1. The van der Waals surface area contributed by atoms with Crippen molar-refractivity contribution in [2.75, 3.05) is 25.6 Å². The average Bonchev–Trinajstić information content (AvgIpc) is 2.59. The van der Waals surface area contributed by atoms with Crippen LogP contribution >= 0.6 is 0 Å². The molecule has 140 valence electrons. The zero-order valence-corrected chi connectivity index (χ0v) is 14.2.